The maximum absolute atomic E-state index is 11.5. The van der Waals surface area contributed by atoms with Gasteiger partial charge in [0, 0.05) is 19.0 Å². The van der Waals surface area contributed by atoms with E-state index >= 15 is 0 Å². The number of hydrogen-bond acceptors (Lipinski definition) is 5. The molecule has 0 aliphatic heterocycles. The molecule has 1 rings (SSSR count). The second-order valence-electron chi connectivity index (χ2n) is 5.31. The van der Waals surface area contributed by atoms with E-state index in [4.69, 9.17) is 25.8 Å². The van der Waals surface area contributed by atoms with Crippen LogP contribution in [0, 0.1) is 0 Å². The maximum Gasteiger partial charge on any atom is 0.407 e. The van der Waals surface area contributed by atoms with Crippen molar-refractivity contribution < 1.29 is 19.0 Å². The lowest BCUT2D eigenvalue weighted by atomic mass is 10.2. The first-order valence-electron chi connectivity index (χ1n) is 6.51. The predicted molar refractivity (Wildman–Crippen MR) is 80.3 cm³/mol. The van der Waals surface area contributed by atoms with Crippen molar-refractivity contribution in [3.05, 3.63) is 16.8 Å². The highest BCUT2D eigenvalue weighted by Gasteiger charge is 2.16. The molecule has 0 bridgehead atoms. The van der Waals surface area contributed by atoms with E-state index in [1.807, 2.05) is 0 Å². The van der Waals surface area contributed by atoms with Crippen molar-refractivity contribution in [1.82, 2.24) is 10.3 Å². The van der Waals surface area contributed by atoms with Crippen molar-refractivity contribution in [2.45, 2.75) is 32.8 Å². The number of rotatable bonds is 5. The van der Waals surface area contributed by atoms with Crippen LogP contribution in [0.15, 0.2) is 6.07 Å². The number of nitrogens with one attached hydrogen (secondary N) is 1. The number of methoxy groups -OCH3 is 2. The van der Waals surface area contributed by atoms with Crippen LogP contribution >= 0.6 is 11.6 Å². The van der Waals surface area contributed by atoms with Crippen molar-refractivity contribution in [2.24, 2.45) is 0 Å². The SMILES string of the molecule is COc1cc(Cl)c(OC)nc1CCNC(=O)OC(C)(C)C. The Labute approximate surface area is 129 Å². The van der Waals surface area contributed by atoms with Gasteiger partial charge in [-0.25, -0.2) is 9.78 Å². The summed E-state index contributed by atoms with van der Waals surface area (Å²) in [6.07, 6.45) is -0.00180. The van der Waals surface area contributed by atoms with Gasteiger partial charge in [0.15, 0.2) is 0 Å². The van der Waals surface area contributed by atoms with E-state index in [1.165, 1.54) is 14.2 Å². The average molecular weight is 317 g/mol. The molecule has 7 heteroatoms. The van der Waals surface area contributed by atoms with Crippen LogP contribution in [0.4, 0.5) is 4.79 Å². The molecule has 0 fully saturated rings. The molecule has 1 aromatic heterocycles. The number of carbonyl (C=O) groups excluding carboxylic acids is 1. The van der Waals surface area contributed by atoms with Gasteiger partial charge in [-0.2, -0.15) is 0 Å². The van der Waals surface area contributed by atoms with Gasteiger partial charge < -0.3 is 19.5 Å². The molecule has 0 saturated heterocycles. The third kappa shape index (κ3) is 5.67. The summed E-state index contributed by atoms with van der Waals surface area (Å²) in [5.74, 6) is 0.872. The highest BCUT2D eigenvalue weighted by Crippen LogP contribution is 2.29. The highest BCUT2D eigenvalue weighted by atomic mass is 35.5. The number of hydrogen-bond donors (Lipinski definition) is 1. The van der Waals surface area contributed by atoms with Gasteiger partial charge in [-0.15, -0.1) is 0 Å². The van der Waals surface area contributed by atoms with Crippen LogP contribution in [0.2, 0.25) is 5.02 Å². The molecular formula is C14H21ClN2O4. The lowest BCUT2D eigenvalue weighted by Crippen LogP contribution is -2.33. The van der Waals surface area contributed by atoms with E-state index < -0.39 is 11.7 Å². The first-order chi connectivity index (χ1) is 9.76. The quantitative estimate of drug-likeness (QED) is 0.904. The van der Waals surface area contributed by atoms with E-state index in [0.29, 0.717) is 35.3 Å². The van der Waals surface area contributed by atoms with Crippen molar-refractivity contribution in [2.75, 3.05) is 20.8 Å². The molecule has 0 aliphatic rings. The second-order valence-corrected chi connectivity index (χ2v) is 5.71. The summed E-state index contributed by atoms with van der Waals surface area (Å²) in [5.41, 5.74) is 0.124. The molecule has 0 aliphatic carbocycles. The van der Waals surface area contributed by atoms with Crippen LogP contribution in [0.1, 0.15) is 26.5 Å². The summed E-state index contributed by atoms with van der Waals surface area (Å²) in [6, 6.07) is 1.64. The van der Waals surface area contributed by atoms with Gasteiger partial charge in [0.05, 0.1) is 19.9 Å². The lowest BCUT2D eigenvalue weighted by molar-refractivity contribution is 0.0528. The van der Waals surface area contributed by atoms with Crippen LogP contribution in [0.3, 0.4) is 0 Å². The summed E-state index contributed by atoms with van der Waals surface area (Å²) < 4.78 is 15.4. The molecule has 0 atom stereocenters. The Kier molecular flexibility index (Phi) is 6.08. The zero-order valence-electron chi connectivity index (χ0n) is 12.9. The summed E-state index contributed by atoms with van der Waals surface area (Å²) in [6.45, 7) is 5.78. The molecule has 6 nitrogen and oxygen atoms in total. The number of ether oxygens (including phenoxy) is 3. The number of amides is 1. The monoisotopic (exact) mass is 316 g/mol. The molecule has 1 amide bonds. The fraction of sp³-hybridized carbons (Fsp3) is 0.571. The van der Waals surface area contributed by atoms with Gasteiger partial charge in [-0.3, -0.25) is 0 Å². The number of alkyl carbamates (subject to hydrolysis) is 1. The van der Waals surface area contributed by atoms with Crippen molar-refractivity contribution >= 4 is 17.7 Å². The number of pyridine rings is 1. The van der Waals surface area contributed by atoms with E-state index in [-0.39, 0.29) is 0 Å². The molecule has 1 heterocycles. The topological polar surface area (TPSA) is 69.7 Å². The Morgan fingerprint density at radius 2 is 2.00 bits per heavy atom. The van der Waals surface area contributed by atoms with Gasteiger partial charge in [0.25, 0.3) is 0 Å². The molecule has 0 radical (unpaired) electrons. The van der Waals surface area contributed by atoms with Crippen molar-refractivity contribution in [1.29, 1.82) is 0 Å². The van der Waals surface area contributed by atoms with Gasteiger partial charge in [-0.05, 0) is 20.8 Å². The van der Waals surface area contributed by atoms with Crippen LogP contribution in [0.25, 0.3) is 0 Å². The first-order valence-corrected chi connectivity index (χ1v) is 6.89. The van der Waals surface area contributed by atoms with E-state index in [0.717, 1.165) is 0 Å². The minimum Gasteiger partial charge on any atom is -0.495 e. The summed E-state index contributed by atoms with van der Waals surface area (Å²) in [5, 5.41) is 3.03. The summed E-state index contributed by atoms with van der Waals surface area (Å²) in [4.78, 5) is 15.8. The normalized spacial score (nSPS) is 11.0. The summed E-state index contributed by atoms with van der Waals surface area (Å²) in [7, 11) is 3.02. The van der Waals surface area contributed by atoms with Crippen molar-refractivity contribution in [3.8, 4) is 11.6 Å². The van der Waals surface area contributed by atoms with E-state index in [2.05, 4.69) is 10.3 Å². The Morgan fingerprint density at radius 1 is 1.33 bits per heavy atom. The van der Waals surface area contributed by atoms with E-state index in [9.17, 15) is 4.79 Å². The average Bonchev–Trinajstić information content (AvgIpc) is 2.37. The largest absolute Gasteiger partial charge is 0.495 e. The molecule has 0 spiro atoms. The molecule has 21 heavy (non-hydrogen) atoms. The third-order valence-electron chi connectivity index (χ3n) is 2.43. The molecule has 0 unspecified atom stereocenters. The van der Waals surface area contributed by atoms with Crippen LogP contribution in [0.5, 0.6) is 11.6 Å². The van der Waals surface area contributed by atoms with Crippen molar-refractivity contribution in [3.63, 3.8) is 0 Å². The van der Waals surface area contributed by atoms with Gasteiger partial charge in [-0.1, -0.05) is 11.6 Å². The van der Waals surface area contributed by atoms with Gasteiger partial charge in [0.2, 0.25) is 5.88 Å². The zero-order chi connectivity index (χ0) is 16.0. The Morgan fingerprint density at radius 3 is 2.52 bits per heavy atom. The highest BCUT2D eigenvalue weighted by molar-refractivity contribution is 6.32. The molecule has 118 valence electrons. The first kappa shape index (κ1) is 17.4. The number of nitrogens with zero attached hydrogens (tertiary/aromatic N) is 1. The molecule has 0 aromatic carbocycles. The van der Waals surface area contributed by atoms with Crippen LogP contribution in [-0.2, 0) is 11.2 Å². The fourth-order valence-corrected chi connectivity index (χ4v) is 1.81. The van der Waals surface area contributed by atoms with Crippen LogP contribution < -0.4 is 14.8 Å². The van der Waals surface area contributed by atoms with Gasteiger partial charge >= 0.3 is 6.09 Å². The third-order valence-corrected chi connectivity index (χ3v) is 2.70. The van der Waals surface area contributed by atoms with Crippen LogP contribution in [-0.4, -0.2) is 37.4 Å². The lowest BCUT2D eigenvalue weighted by Gasteiger charge is -2.19. The summed E-state index contributed by atoms with van der Waals surface area (Å²) >= 11 is 5.98. The molecular weight excluding hydrogens is 296 g/mol. The Hall–Kier alpha value is -1.69. The predicted octanol–water partition coefficient (Wildman–Crippen LogP) is 2.82. The maximum atomic E-state index is 11.5. The van der Waals surface area contributed by atoms with Gasteiger partial charge in [0.1, 0.15) is 16.4 Å². The minimum absolute atomic E-state index is 0.324. The molecule has 1 N–H and O–H groups in total. The molecule has 0 saturated carbocycles. The number of aromatic nitrogens is 1. The number of carbonyl (C=O) groups is 1. The smallest absolute Gasteiger partial charge is 0.407 e. The Bertz CT molecular complexity index is 500. The minimum atomic E-state index is -0.524. The fourth-order valence-electron chi connectivity index (χ4n) is 1.59. The zero-order valence-corrected chi connectivity index (χ0v) is 13.7. The standard InChI is InChI=1S/C14H21ClN2O4/c1-14(2,3)21-13(18)16-7-6-10-11(19-4)8-9(15)12(17-10)20-5/h8H,6-7H2,1-5H3,(H,16,18). The molecule has 1 aromatic rings. The Balaban J connectivity index is 2.65. The second kappa shape index (κ2) is 7.36. The van der Waals surface area contributed by atoms with E-state index in [1.54, 1.807) is 26.8 Å². The number of halogens is 1.